The highest BCUT2D eigenvalue weighted by molar-refractivity contribution is 6.30. The number of aliphatic carboxylic acids is 1. The first kappa shape index (κ1) is 16.7. The molecule has 4 rings (SSSR count). The highest BCUT2D eigenvalue weighted by Gasteiger charge is 2.34. The van der Waals surface area contributed by atoms with Crippen LogP contribution in [0.1, 0.15) is 17.5 Å². The van der Waals surface area contributed by atoms with E-state index in [0.29, 0.717) is 29.1 Å². The summed E-state index contributed by atoms with van der Waals surface area (Å²) in [6.45, 7) is 2.64. The van der Waals surface area contributed by atoms with Gasteiger partial charge in [0.2, 0.25) is 11.7 Å². The lowest BCUT2D eigenvalue weighted by atomic mass is 10.2. The first-order valence-electron chi connectivity index (χ1n) is 7.95. The summed E-state index contributed by atoms with van der Waals surface area (Å²) >= 11 is 5.88. The Morgan fingerprint density at radius 1 is 1.35 bits per heavy atom. The van der Waals surface area contributed by atoms with Crippen LogP contribution in [0.2, 0.25) is 5.02 Å². The van der Waals surface area contributed by atoms with Gasteiger partial charge in [-0.25, -0.2) is 0 Å². The third-order valence-corrected chi connectivity index (χ3v) is 4.60. The van der Waals surface area contributed by atoms with Crippen LogP contribution in [0.3, 0.4) is 0 Å². The van der Waals surface area contributed by atoms with Gasteiger partial charge in [0, 0.05) is 10.6 Å². The van der Waals surface area contributed by atoms with E-state index in [1.165, 1.54) is 0 Å². The summed E-state index contributed by atoms with van der Waals surface area (Å²) in [4.78, 5) is 17.8. The maximum absolute atomic E-state index is 11.7. The zero-order chi connectivity index (χ0) is 18.3. The van der Waals surface area contributed by atoms with Crippen molar-refractivity contribution in [2.24, 2.45) is 0 Å². The van der Waals surface area contributed by atoms with Crippen LogP contribution in [0.25, 0.3) is 11.4 Å². The molecule has 1 N–H and O–H groups in total. The number of nitrogens with zero attached hydrogens (tertiary/aromatic N) is 6. The van der Waals surface area contributed by atoms with Crippen molar-refractivity contribution in [3.8, 4) is 11.4 Å². The molecule has 0 radical (unpaired) electrons. The number of carboxylic acid groups (broad SMARTS) is 1. The van der Waals surface area contributed by atoms with Crippen molar-refractivity contribution in [3.05, 3.63) is 46.8 Å². The highest BCUT2D eigenvalue weighted by atomic mass is 35.5. The molecule has 1 aliphatic heterocycles. The van der Waals surface area contributed by atoms with E-state index in [0.717, 1.165) is 11.4 Å². The van der Waals surface area contributed by atoms with E-state index in [2.05, 4.69) is 20.3 Å². The van der Waals surface area contributed by atoms with Gasteiger partial charge in [-0.15, -0.1) is 10.2 Å². The van der Waals surface area contributed by atoms with Gasteiger partial charge in [0.1, 0.15) is 17.7 Å². The number of carbonyl (C=O) groups is 1. The van der Waals surface area contributed by atoms with Gasteiger partial charge in [-0.2, -0.15) is 4.98 Å². The van der Waals surface area contributed by atoms with Crippen LogP contribution >= 0.6 is 11.6 Å². The number of benzene rings is 1. The SMILES string of the molecule is Cc1nnc2n1CC(C(=O)O)N(Cc1nc(-c3ccc(Cl)cc3)no1)C2. The number of hydrogen-bond donors (Lipinski definition) is 1. The Hall–Kier alpha value is -2.78. The molecule has 1 atom stereocenters. The topological polar surface area (TPSA) is 110 Å². The van der Waals surface area contributed by atoms with E-state index >= 15 is 0 Å². The van der Waals surface area contributed by atoms with Crippen molar-refractivity contribution in [1.82, 2.24) is 29.8 Å². The predicted molar refractivity (Wildman–Crippen MR) is 90.2 cm³/mol. The molecule has 134 valence electrons. The summed E-state index contributed by atoms with van der Waals surface area (Å²) in [5.74, 6) is 1.28. The minimum atomic E-state index is -0.916. The molecule has 0 saturated carbocycles. The van der Waals surface area contributed by atoms with Gasteiger partial charge in [-0.05, 0) is 31.2 Å². The number of fused-ring (bicyclic) bond motifs is 1. The third-order valence-electron chi connectivity index (χ3n) is 4.35. The van der Waals surface area contributed by atoms with Crippen LogP contribution in [0, 0.1) is 6.92 Å². The van der Waals surface area contributed by atoms with Gasteiger partial charge in [0.25, 0.3) is 0 Å². The van der Waals surface area contributed by atoms with E-state index in [1.54, 1.807) is 29.2 Å². The van der Waals surface area contributed by atoms with Crippen LogP contribution in [0.15, 0.2) is 28.8 Å². The average Bonchev–Trinajstić information content (AvgIpc) is 3.22. The number of rotatable bonds is 4. The smallest absolute Gasteiger partial charge is 0.322 e. The summed E-state index contributed by atoms with van der Waals surface area (Å²) in [5, 5.41) is 22.3. The first-order chi connectivity index (χ1) is 12.5. The Bertz CT molecular complexity index is 951. The number of aromatic nitrogens is 5. The molecule has 1 unspecified atom stereocenters. The maximum Gasteiger partial charge on any atom is 0.322 e. The number of halogens is 1. The van der Waals surface area contributed by atoms with Gasteiger partial charge in [-0.3, -0.25) is 9.69 Å². The quantitative estimate of drug-likeness (QED) is 0.735. The second-order valence-electron chi connectivity index (χ2n) is 6.05. The Morgan fingerprint density at radius 2 is 2.12 bits per heavy atom. The minimum Gasteiger partial charge on any atom is -0.480 e. The molecule has 1 aromatic carbocycles. The molecule has 0 saturated heterocycles. The molecule has 1 aliphatic rings. The van der Waals surface area contributed by atoms with Crippen LogP contribution in [-0.2, 0) is 24.4 Å². The molecule has 0 bridgehead atoms. The number of aryl methyl sites for hydroxylation is 1. The van der Waals surface area contributed by atoms with E-state index < -0.39 is 12.0 Å². The molecule has 26 heavy (non-hydrogen) atoms. The van der Waals surface area contributed by atoms with Gasteiger partial charge in [0.05, 0.1) is 19.6 Å². The Morgan fingerprint density at radius 3 is 2.85 bits per heavy atom. The zero-order valence-electron chi connectivity index (χ0n) is 13.8. The fourth-order valence-electron chi connectivity index (χ4n) is 2.97. The molecule has 9 nitrogen and oxygen atoms in total. The van der Waals surface area contributed by atoms with E-state index in [-0.39, 0.29) is 13.1 Å². The second kappa shape index (κ2) is 6.50. The summed E-state index contributed by atoms with van der Waals surface area (Å²) in [7, 11) is 0. The molecule has 10 heteroatoms. The van der Waals surface area contributed by atoms with Gasteiger partial charge < -0.3 is 14.2 Å². The standard InChI is InChI=1S/C16H15ClN6O3/c1-9-19-20-13-7-22(12(16(24)25)6-23(9)13)8-14-18-15(21-26-14)10-2-4-11(17)5-3-10/h2-5,12H,6-8H2,1H3,(H,24,25). The summed E-state index contributed by atoms with van der Waals surface area (Å²) in [5.41, 5.74) is 0.771. The minimum absolute atomic E-state index is 0.212. The Labute approximate surface area is 153 Å². The van der Waals surface area contributed by atoms with E-state index in [9.17, 15) is 9.90 Å². The van der Waals surface area contributed by atoms with E-state index in [4.69, 9.17) is 16.1 Å². The normalized spacial score (nSPS) is 17.2. The lowest BCUT2D eigenvalue weighted by Crippen LogP contribution is -2.47. The van der Waals surface area contributed by atoms with Crippen molar-refractivity contribution in [2.45, 2.75) is 32.6 Å². The fraction of sp³-hybridized carbons (Fsp3) is 0.312. The molecular formula is C16H15ClN6O3. The van der Waals surface area contributed by atoms with Gasteiger partial charge >= 0.3 is 5.97 Å². The average molecular weight is 375 g/mol. The van der Waals surface area contributed by atoms with Gasteiger partial charge in [-0.1, -0.05) is 16.8 Å². The molecular weight excluding hydrogens is 360 g/mol. The van der Waals surface area contributed by atoms with Gasteiger partial charge in [0.15, 0.2) is 0 Å². The molecule has 2 aromatic heterocycles. The first-order valence-corrected chi connectivity index (χ1v) is 8.33. The lowest BCUT2D eigenvalue weighted by molar-refractivity contribution is -0.145. The van der Waals surface area contributed by atoms with Crippen molar-refractivity contribution in [2.75, 3.05) is 0 Å². The van der Waals surface area contributed by atoms with Crippen molar-refractivity contribution >= 4 is 17.6 Å². The summed E-state index contributed by atoms with van der Waals surface area (Å²) in [6.07, 6.45) is 0. The number of carboxylic acids is 1. The fourth-order valence-corrected chi connectivity index (χ4v) is 3.09. The zero-order valence-corrected chi connectivity index (χ0v) is 14.6. The molecule has 0 aliphatic carbocycles. The molecule has 0 fully saturated rings. The Balaban J connectivity index is 1.56. The molecule has 0 spiro atoms. The maximum atomic E-state index is 11.7. The monoisotopic (exact) mass is 374 g/mol. The van der Waals surface area contributed by atoms with Crippen LogP contribution < -0.4 is 0 Å². The second-order valence-corrected chi connectivity index (χ2v) is 6.49. The van der Waals surface area contributed by atoms with E-state index in [1.807, 2.05) is 11.5 Å². The third kappa shape index (κ3) is 3.06. The summed E-state index contributed by atoms with van der Waals surface area (Å²) in [6, 6.07) is 6.36. The predicted octanol–water partition coefficient (Wildman–Crippen LogP) is 1.76. The molecule has 3 aromatic rings. The van der Waals surface area contributed by atoms with Crippen LogP contribution in [0.5, 0.6) is 0 Å². The van der Waals surface area contributed by atoms with Crippen LogP contribution in [0.4, 0.5) is 0 Å². The lowest BCUT2D eigenvalue weighted by Gasteiger charge is -2.32. The Kier molecular flexibility index (Phi) is 4.17. The molecule has 3 heterocycles. The van der Waals surface area contributed by atoms with Crippen molar-refractivity contribution < 1.29 is 14.4 Å². The van der Waals surface area contributed by atoms with Crippen molar-refractivity contribution in [1.29, 1.82) is 0 Å². The molecule has 0 amide bonds. The van der Waals surface area contributed by atoms with Crippen LogP contribution in [-0.4, -0.2) is 46.9 Å². The largest absolute Gasteiger partial charge is 0.480 e. The van der Waals surface area contributed by atoms with Crippen molar-refractivity contribution in [3.63, 3.8) is 0 Å². The summed E-state index contributed by atoms with van der Waals surface area (Å²) < 4.78 is 7.12. The number of hydrogen-bond acceptors (Lipinski definition) is 7. The highest BCUT2D eigenvalue weighted by Crippen LogP contribution is 2.22.